The van der Waals surface area contributed by atoms with Gasteiger partial charge in [0.1, 0.15) is 11.3 Å². The van der Waals surface area contributed by atoms with Crippen LogP contribution in [-0.2, 0) is 37.3 Å². The second-order valence-electron chi connectivity index (χ2n) is 16.4. The van der Waals surface area contributed by atoms with Crippen LogP contribution in [-0.4, -0.2) is 33.8 Å². The smallest absolute Gasteiger partial charge is 0.223 e. The summed E-state index contributed by atoms with van der Waals surface area (Å²) in [6.45, 7) is 19.6. The Balaban J connectivity index is 0.00000392. The minimum Gasteiger partial charge on any atom is -0.507 e. The van der Waals surface area contributed by atoms with Crippen LogP contribution < -0.4 is 0 Å². The van der Waals surface area contributed by atoms with Crippen molar-refractivity contribution in [2.45, 2.75) is 78.6 Å². The van der Waals surface area contributed by atoms with Crippen molar-refractivity contribution in [3.63, 3.8) is 0 Å². The maximum absolute atomic E-state index is 11.8. The number of benzene rings is 3. The molecule has 0 aliphatic carbocycles. The summed E-state index contributed by atoms with van der Waals surface area (Å²) < 4.78 is 4.27. The van der Waals surface area contributed by atoms with Crippen molar-refractivity contribution in [2.24, 2.45) is 0 Å². The van der Waals surface area contributed by atoms with Crippen molar-refractivity contribution in [3.05, 3.63) is 102 Å². The van der Waals surface area contributed by atoms with E-state index in [1.165, 1.54) is 0 Å². The van der Waals surface area contributed by atoms with Crippen LogP contribution in [0.2, 0.25) is 0 Å². The molecule has 7 nitrogen and oxygen atoms in total. The molecule has 1 N–H and O–H groups in total. The number of aromatic nitrogens is 6. The zero-order valence-corrected chi connectivity index (χ0v) is 32.3. The van der Waals surface area contributed by atoms with E-state index in [1.807, 2.05) is 36.4 Å². The molecule has 0 radical (unpaired) electrons. The van der Waals surface area contributed by atoms with Gasteiger partial charge < -0.3 is 5.11 Å². The molecule has 0 saturated carbocycles. The number of aromatic hydroxyl groups is 1. The molecule has 0 aliphatic heterocycles. The summed E-state index contributed by atoms with van der Waals surface area (Å²) in [5, 5.41) is 12.9. The van der Waals surface area contributed by atoms with Crippen LogP contribution in [0.25, 0.3) is 67.2 Å². The summed E-state index contributed by atoms with van der Waals surface area (Å²) in [6.07, 6.45) is 0. The Morgan fingerprint density at radius 2 is 1.16 bits per heavy atom. The van der Waals surface area contributed by atoms with Crippen molar-refractivity contribution >= 4 is 44.5 Å². The SMILES string of the molecule is CC(C)(C)c1cc(-c2ccc3nc4c5ccccc5n5c6ccccc6nc5n4c3n2)nc(-c2cc(C(C)(C)C)cc(C(C)(C)C)c2O)c1.[Pt]. The van der Waals surface area contributed by atoms with E-state index in [4.69, 9.17) is 19.9 Å². The Labute approximate surface area is 306 Å². The first-order valence-electron chi connectivity index (χ1n) is 17.0. The number of para-hydroxylation sites is 3. The third kappa shape index (κ3) is 5.38. The number of rotatable bonds is 2. The number of nitrogens with zero attached hydrogens (tertiary/aromatic N) is 6. The van der Waals surface area contributed by atoms with Gasteiger partial charge in [-0.3, -0.25) is 4.40 Å². The van der Waals surface area contributed by atoms with E-state index in [0.29, 0.717) is 0 Å². The fourth-order valence-electron chi connectivity index (χ4n) is 6.80. The average Bonchev–Trinajstić information content (AvgIpc) is 3.62. The van der Waals surface area contributed by atoms with Gasteiger partial charge in [0.25, 0.3) is 0 Å². The number of fused-ring (bicyclic) bond motifs is 10. The molecular weight excluding hydrogens is 800 g/mol. The summed E-state index contributed by atoms with van der Waals surface area (Å²) in [6, 6.07) is 29.1. The van der Waals surface area contributed by atoms with E-state index < -0.39 is 0 Å². The Bertz CT molecular complexity index is 2630. The van der Waals surface area contributed by atoms with Crippen LogP contribution in [0.4, 0.5) is 0 Å². The van der Waals surface area contributed by atoms with Crippen molar-refractivity contribution in [2.75, 3.05) is 0 Å². The first kappa shape index (κ1) is 33.9. The van der Waals surface area contributed by atoms with Crippen LogP contribution in [0.15, 0.2) is 84.9 Å². The molecule has 0 bridgehead atoms. The fraction of sp³-hybridized carbons (Fsp3) is 0.286. The van der Waals surface area contributed by atoms with Gasteiger partial charge in [-0.2, -0.15) is 0 Å². The number of pyridine rings is 2. The molecule has 5 aromatic heterocycles. The fourth-order valence-corrected chi connectivity index (χ4v) is 6.80. The van der Waals surface area contributed by atoms with Gasteiger partial charge in [0.2, 0.25) is 5.78 Å². The number of phenols is 1. The molecule has 0 spiro atoms. The first-order chi connectivity index (χ1) is 23.1. The normalized spacial score (nSPS) is 12.8. The van der Waals surface area contributed by atoms with Gasteiger partial charge in [-0.1, -0.05) is 92.6 Å². The first-order valence-corrected chi connectivity index (χ1v) is 17.0. The molecule has 5 heterocycles. The average molecular weight is 842 g/mol. The summed E-state index contributed by atoms with van der Waals surface area (Å²) in [5.41, 5.74) is 10.9. The second kappa shape index (κ2) is 11.5. The Morgan fingerprint density at radius 1 is 0.520 bits per heavy atom. The minimum atomic E-state index is -0.257. The molecule has 0 fully saturated rings. The van der Waals surface area contributed by atoms with Gasteiger partial charge in [0, 0.05) is 37.6 Å². The molecule has 256 valence electrons. The zero-order valence-electron chi connectivity index (χ0n) is 30.0. The largest absolute Gasteiger partial charge is 0.507 e. The summed E-state index contributed by atoms with van der Waals surface area (Å²) in [7, 11) is 0. The van der Waals surface area contributed by atoms with Gasteiger partial charge in [-0.25, -0.2) is 24.3 Å². The minimum absolute atomic E-state index is 0. The molecule has 50 heavy (non-hydrogen) atoms. The van der Waals surface area contributed by atoms with Crippen LogP contribution >= 0.6 is 0 Å². The summed E-state index contributed by atoms with van der Waals surface area (Å²) in [4.78, 5) is 20.7. The predicted octanol–water partition coefficient (Wildman–Crippen LogP) is 10.2. The van der Waals surface area contributed by atoms with E-state index >= 15 is 0 Å². The van der Waals surface area contributed by atoms with Crippen LogP contribution in [0, 0.1) is 0 Å². The van der Waals surface area contributed by atoms with Crippen molar-refractivity contribution < 1.29 is 26.2 Å². The van der Waals surface area contributed by atoms with Crippen LogP contribution in [0.1, 0.15) is 79.0 Å². The zero-order chi connectivity index (χ0) is 34.6. The number of imidazole rings is 2. The quantitative estimate of drug-likeness (QED) is 0.188. The van der Waals surface area contributed by atoms with Gasteiger partial charge in [0.15, 0.2) is 11.3 Å². The summed E-state index contributed by atoms with van der Waals surface area (Å²) >= 11 is 0. The predicted molar refractivity (Wildman–Crippen MR) is 201 cm³/mol. The molecule has 8 aromatic rings. The standard InChI is InChI=1S/C42H42N6O.Pt/c1-40(2,3)24-20-27(36(49)28(21-24)42(7,8)9)32-22-25(41(4,5)6)23-33(43-32)29-18-19-31-38(44-29)48-37(45-31)26-14-10-12-16-34(26)47-35-17-13-11-15-30(35)46-39(47)48;/h10-23,49H,1-9H3;. The van der Waals surface area contributed by atoms with E-state index in [2.05, 4.69) is 120 Å². The van der Waals surface area contributed by atoms with Gasteiger partial charge in [-0.05, 0) is 82.0 Å². The molecule has 3 aromatic carbocycles. The molecule has 0 saturated heterocycles. The second-order valence-corrected chi connectivity index (χ2v) is 16.4. The molecule has 0 unspecified atom stereocenters. The molecule has 0 aliphatic rings. The molecule has 0 amide bonds. The third-order valence-corrected chi connectivity index (χ3v) is 9.65. The van der Waals surface area contributed by atoms with Crippen molar-refractivity contribution in [1.82, 2.24) is 28.7 Å². The van der Waals surface area contributed by atoms with E-state index in [-0.39, 0.29) is 43.1 Å². The summed E-state index contributed by atoms with van der Waals surface area (Å²) in [5.74, 6) is 1.04. The van der Waals surface area contributed by atoms with Gasteiger partial charge in [-0.15, -0.1) is 0 Å². The maximum atomic E-state index is 11.8. The van der Waals surface area contributed by atoms with E-state index in [9.17, 15) is 5.11 Å². The van der Waals surface area contributed by atoms with Crippen molar-refractivity contribution in [1.29, 1.82) is 0 Å². The monoisotopic (exact) mass is 841 g/mol. The Kier molecular flexibility index (Phi) is 7.76. The van der Waals surface area contributed by atoms with Gasteiger partial charge >= 0.3 is 0 Å². The molecule has 0 atom stereocenters. The topological polar surface area (TPSA) is 80.6 Å². The van der Waals surface area contributed by atoms with Crippen LogP contribution in [0.5, 0.6) is 5.75 Å². The number of hydrogen-bond acceptors (Lipinski definition) is 5. The van der Waals surface area contributed by atoms with Gasteiger partial charge in [0.05, 0.1) is 33.6 Å². The maximum Gasteiger partial charge on any atom is 0.223 e. The number of phenolic OH excluding ortho intramolecular Hbond substituents is 1. The van der Waals surface area contributed by atoms with Crippen molar-refractivity contribution in [3.8, 4) is 28.4 Å². The third-order valence-electron chi connectivity index (χ3n) is 9.65. The van der Waals surface area contributed by atoms with E-state index in [1.54, 1.807) is 0 Å². The molecule has 8 heteroatoms. The Hall–Kier alpha value is -4.61. The number of hydrogen-bond donors (Lipinski definition) is 1. The van der Waals surface area contributed by atoms with Crippen LogP contribution in [0.3, 0.4) is 0 Å². The van der Waals surface area contributed by atoms with E-state index in [0.717, 1.165) is 83.9 Å². The molecule has 8 rings (SSSR count). The molecular formula is C42H42N6OPt. The Morgan fingerprint density at radius 3 is 1.86 bits per heavy atom.